The van der Waals surface area contributed by atoms with E-state index >= 15 is 0 Å². The number of ether oxygens (including phenoxy) is 2. The molecule has 4 nitrogen and oxygen atoms in total. The highest BCUT2D eigenvalue weighted by Crippen LogP contribution is 2.36. The molecule has 0 saturated heterocycles. The average Bonchev–Trinajstić information content (AvgIpc) is 2.55. The van der Waals surface area contributed by atoms with Gasteiger partial charge in [-0.05, 0) is 6.07 Å². The zero-order valence-electron chi connectivity index (χ0n) is 8.11. The van der Waals surface area contributed by atoms with E-state index in [1.54, 1.807) is 18.3 Å². The van der Waals surface area contributed by atoms with Gasteiger partial charge in [0.2, 0.25) is 6.29 Å². The number of pyridine rings is 1. The lowest BCUT2D eigenvalue weighted by molar-refractivity contribution is 0.0679. The van der Waals surface area contributed by atoms with Gasteiger partial charge in [-0.3, -0.25) is 4.79 Å². The number of aromatic nitrogens is 1. The molecule has 1 aliphatic rings. The van der Waals surface area contributed by atoms with Gasteiger partial charge in [-0.2, -0.15) is 0 Å². The number of hydrogen-bond acceptors (Lipinski definition) is 3. The van der Waals surface area contributed by atoms with Gasteiger partial charge in [-0.1, -0.05) is 0 Å². The maximum Gasteiger partial charge on any atom is 0.238 e. The van der Waals surface area contributed by atoms with E-state index in [9.17, 15) is 4.79 Å². The van der Waals surface area contributed by atoms with E-state index in [1.165, 1.54) is 6.07 Å². The second-order valence-electron chi connectivity index (χ2n) is 3.49. The maximum absolute atomic E-state index is 11.5. The van der Waals surface area contributed by atoms with Crippen molar-refractivity contribution in [3.8, 4) is 11.5 Å². The zero-order valence-corrected chi connectivity index (χ0v) is 8.11. The Bertz CT molecular complexity index is 588. The summed E-state index contributed by atoms with van der Waals surface area (Å²) in [4.78, 5) is 14.5. The molecule has 0 radical (unpaired) electrons. The minimum atomic E-state index is -0.285. The van der Waals surface area contributed by atoms with Crippen molar-refractivity contribution in [2.24, 2.45) is 0 Å². The van der Waals surface area contributed by atoms with Gasteiger partial charge in [-0.15, -0.1) is 0 Å². The third-order valence-corrected chi connectivity index (χ3v) is 2.41. The Balaban J connectivity index is 2.35. The average molecular weight is 203 g/mol. The van der Waals surface area contributed by atoms with Crippen LogP contribution in [0, 0.1) is 0 Å². The van der Waals surface area contributed by atoms with Crippen LogP contribution >= 0.6 is 0 Å². The summed E-state index contributed by atoms with van der Waals surface area (Å²) < 4.78 is 10.8. The highest BCUT2D eigenvalue weighted by molar-refractivity contribution is 5.82. The predicted octanol–water partition coefficient (Wildman–Crippen LogP) is 1.65. The largest absolute Gasteiger partial charge is 0.451 e. The van der Waals surface area contributed by atoms with Crippen LogP contribution < -0.4 is 14.9 Å². The van der Waals surface area contributed by atoms with E-state index < -0.39 is 0 Å². The number of nitrogens with one attached hydrogen (secondary N) is 1. The maximum atomic E-state index is 11.5. The fourth-order valence-electron chi connectivity index (χ4n) is 1.75. The van der Waals surface area contributed by atoms with E-state index in [0.29, 0.717) is 16.9 Å². The summed E-state index contributed by atoms with van der Waals surface area (Å²) in [6, 6.07) is 5.00. The van der Waals surface area contributed by atoms with Gasteiger partial charge >= 0.3 is 0 Å². The minimum Gasteiger partial charge on any atom is -0.451 e. The van der Waals surface area contributed by atoms with Crippen LogP contribution in [0.2, 0.25) is 0 Å². The molecule has 2 heterocycles. The molecule has 0 amide bonds. The molecule has 0 fully saturated rings. The van der Waals surface area contributed by atoms with Gasteiger partial charge in [0.25, 0.3) is 0 Å². The van der Waals surface area contributed by atoms with Crippen LogP contribution in [-0.4, -0.2) is 11.3 Å². The molecule has 0 spiro atoms. The first kappa shape index (κ1) is 8.35. The highest BCUT2D eigenvalue weighted by Gasteiger charge is 2.21. The van der Waals surface area contributed by atoms with E-state index in [2.05, 4.69) is 4.98 Å². The molecule has 2 aromatic rings. The first-order chi connectivity index (χ1) is 7.24. The van der Waals surface area contributed by atoms with Crippen LogP contribution in [0.25, 0.3) is 10.9 Å². The Labute approximate surface area is 85.4 Å². The van der Waals surface area contributed by atoms with Crippen molar-refractivity contribution in [1.82, 2.24) is 4.98 Å². The lowest BCUT2D eigenvalue weighted by Crippen LogP contribution is -2.11. The van der Waals surface area contributed by atoms with Crippen LogP contribution in [0.1, 0.15) is 6.92 Å². The Hall–Kier alpha value is -1.97. The monoisotopic (exact) mass is 203 g/mol. The molecule has 1 aromatic heterocycles. The Kier molecular flexibility index (Phi) is 1.54. The molecule has 1 N–H and O–H groups in total. The Morgan fingerprint density at radius 2 is 2.00 bits per heavy atom. The number of fused-ring (bicyclic) bond motifs is 2. The minimum absolute atomic E-state index is 0.0188. The van der Waals surface area contributed by atoms with Crippen LogP contribution in [0.3, 0.4) is 0 Å². The number of benzene rings is 1. The zero-order chi connectivity index (χ0) is 10.4. The van der Waals surface area contributed by atoms with Gasteiger partial charge < -0.3 is 14.5 Å². The molecular weight excluding hydrogens is 194 g/mol. The molecule has 3 rings (SSSR count). The van der Waals surface area contributed by atoms with Crippen LogP contribution in [-0.2, 0) is 0 Å². The molecule has 76 valence electrons. The molecule has 1 aliphatic heterocycles. The van der Waals surface area contributed by atoms with E-state index in [0.717, 1.165) is 5.52 Å². The second-order valence-corrected chi connectivity index (χ2v) is 3.49. The molecule has 0 saturated carbocycles. The van der Waals surface area contributed by atoms with Crippen LogP contribution in [0.4, 0.5) is 0 Å². The number of rotatable bonds is 0. The Morgan fingerprint density at radius 1 is 1.27 bits per heavy atom. The number of hydrogen-bond donors (Lipinski definition) is 1. The Morgan fingerprint density at radius 3 is 2.80 bits per heavy atom. The van der Waals surface area contributed by atoms with Gasteiger partial charge in [0.15, 0.2) is 16.9 Å². The summed E-state index contributed by atoms with van der Waals surface area (Å²) in [5, 5.41) is 0.619. The molecular formula is C11H9NO3. The molecule has 1 atom stereocenters. The normalized spacial score (nSPS) is 18.3. The number of H-pyrrole nitrogens is 1. The fraction of sp³-hybridized carbons (Fsp3) is 0.182. The van der Waals surface area contributed by atoms with E-state index in [1.807, 2.05) is 6.92 Å². The third-order valence-electron chi connectivity index (χ3n) is 2.41. The first-order valence-corrected chi connectivity index (χ1v) is 4.73. The summed E-state index contributed by atoms with van der Waals surface area (Å²) in [7, 11) is 0. The van der Waals surface area contributed by atoms with Crippen LogP contribution in [0.15, 0.2) is 29.2 Å². The molecule has 1 aromatic carbocycles. The smallest absolute Gasteiger partial charge is 0.238 e. The van der Waals surface area contributed by atoms with Crippen LogP contribution in [0.5, 0.6) is 11.5 Å². The first-order valence-electron chi connectivity index (χ1n) is 4.73. The SMILES string of the molecule is CC1Oc2cc3[nH]ccc(=O)c3cc2O1. The van der Waals surface area contributed by atoms with Gasteiger partial charge in [0, 0.05) is 30.6 Å². The standard InChI is InChI=1S/C11H9NO3/c1-6-14-10-4-7-8(5-11(10)15-6)12-3-2-9(7)13/h2-6H,1H3,(H,12,13). The van der Waals surface area contributed by atoms with Crippen molar-refractivity contribution >= 4 is 10.9 Å². The molecule has 1 unspecified atom stereocenters. The van der Waals surface area contributed by atoms with Crippen molar-refractivity contribution in [1.29, 1.82) is 0 Å². The van der Waals surface area contributed by atoms with Crippen molar-refractivity contribution in [3.05, 3.63) is 34.6 Å². The summed E-state index contributed by atoms with van der Waals surface area (Å²) in [6.07, 6.45) is 1.34. The van der Waals surface area contributed by atoms with Crippen molar-refractivity contribution < 1.29 is 9.47 Å². The fourth-order valence-corrected chi connectivity index (χ4v) is 1.75. The summed E-state index contributed by atoms with van der Waals surface area (Å²) >= 11 is 0. The summed E-state index contributed by atoms with van der Waals surface area (Å²) in [5.41, 5.74) is 0.744. The molecule has 0 bridgehead atoms. The third kappa shape index (κ3) is 1.18. The van der Waals surface area contributed by atoms with E-state index in [-0.39, 0.29) is 11.7 Å². The topological polar surface area (TPSA) is 51.3 Å². The van der Waals surface area contributed by atoms with Crippen molar-refractivity contribution in [3.63, 3.8) is 0 Å². The second kappa shape index (κ2) is 2.76. The van der Waals surface area contributed by atoms with Gasteiger partial charge in [0.05, 0.1) is 5.52 Å². The van der Waals surface area contributed by atoms with Gasteiger partial charge in [-0.25, -0.2) is 0 Å². The van der Waals surface area contributed by atoms with E-state index in [4.69, 9.17) is 9.47 Å². The highest BCUT2D eigenvalue weighted by atomic mass is 16.7. The van der Waals surface area contributed by atoms with Crippen molar-refractivity contribution in [2.75, 3.05) is 0 Å². The molecule has 4 heteroatoms. The number of aromatic amines is 1. The van der Waals surface area contributed by atoms with Gasteiger partial charge in [0.1, 0.15) is 0 Å². The quantitative estimate of drug-likeness (QED) is 0.708. The molecule has 15 heavy (non-hydrogen) atoms. The summed E-state index contributed by atoms with van der Waals surface area (Å²) in [5.74, 6) is 1.31. The van der Waals surface area contributed by atoms with Crippen molar-refractivity contribution in [2.45, 2.75) is 13.2 Å². The summed E-state index contributed by atoms with van der Waals surface area (Å²) in [6.45, 7) is 1.81. The predicted molar refractivity (Wildman–Crippen MR) is 55.3 cm³/mol. The lowest BCUT2D eigenvalue weighted by atomic mass is 10.2. The molecule has 0 aliphatic carbocycles. The lowest BCUT2D eigenvalue weighted by Gasteiger charge is -1.99.